The van der Waals surface area contributed by atoms with Crippen LogP contribution in [-0.2, 0) is 19.0 Å². The van der Waals surface area contributed by atoms with E-state index in [9.17, 15) is 24.6 Å². The second-order valence-corrected chi connectivity index (χ2v) is 13.1. The van der Waals surface area contributed by atoms with E-state index in [-0.39, 0.29) is 27.8 Å². The third-order valence-electron chi connectivity index (χ3n) is 5.51. The molecule has 4 bridgehead atoms. The van der Waals surface area contributed by atoms with Crippen molar-refractivity contribution in [3.05, 3.63) is 32.2 Å². The number of carbonyl (C=O) groups is 3. The highest BCUT2D eigenvalue weighted by Crippen LogP contribution is 2.34. The summed E-state index contributed by atoms with van der Waals surface area (Å²) in [5.74, 6) is -3.32. The van der Waals surface area contributed by atoms with E-state index in [1.165, 1.54) is 31.5 Å². The number of aliphatic hydroxyl groups excluding tert-OH is 1. The fourth-order valence-electron chi connectivity index (χ4n) is 3.43. The summed E-state index contributed by atoms with van der Waals surface area (Å²) >= 11 is 14.1. The summed E-state index contributed by atoms with van der Waals surface area (Å²) in [6, 6.07) is 0. The Morgan fingerprint density at radius 2 is 1.62 bits per heavy atom. The SMILES string of the molecule is C[C@@H]1C(=O)O[C@@H](C(C)(C)O)c2nc(cs2)C(=O)OC[C@@H](O)c2nc(cs2)C(=O)O[C@H]1CCCC(C)(Cl)Cl. The number of thiazole rings is 2. The second kappa shape index (κ2) is 11.9. The molecular weight excluding hydrogens is 567 g/mol. The molecule has 0 amide bonds. The van der Waals surface area contributed by atoms with Crippen LogP contribution in [0.25, 0.3) is 0 Å². The highest BCUT2D eigenvalue weighted by atomic mass is 35.5. The lowest BCUT2D eigenvalue weighted by atomic mass is 9.97. The van der Waals surface area contributed by atoms with E-state index >= 15 is 0 Å². The summed E-state index contributed by atoms with van der Waals surface area (Å²) in [5, 5.41) is 24.2. The molecule has 2 aromatic heterocycles. The zero-order valence-electron chi connectivity index (χ0n) is 20.6. The minimum absolute atomic E-state index is 0.0714. The van der Waals surface area contributed by atoms with Gasteiger partial charge in [-0.25, -0.2) is 19.6 Å². The molecule has 0 radical (unpaired) electrons. The number of hydrogen-bond acceptors (Lipinski definition) is 12. The lowest BCUT2D eigenvalue weighted by Crippen LogP contribution is -2.37. The lowest BCUT2D eigenvalue weighted by molar-refractivity contribution is -0.171. The van der Waals surface area contributed by atoms with Gasteiger partial charge in [0.15, 0.2) is 17.5 Å². The Morgan fingerprint density at radius 1 is 1.03 bits per heavy atom. The normalized spacial score (nSPS) is 24.2. The monoisotopic (exact) mass is 594 g/mol. The highest BCUT2D eigenvalue weighted by molar-refractivity contribution is 7.10. The molecule has 0 saturated carbocycles. The van der Waals surface area contributed by atoms with Crippen LogP contribution in [0.3, 0.4) is 0 Å². The smallest absolute Gasteiger partial charge is 0.358 e. The minimum Gasteiger partial charge on any atom is -0.458 e. The molecule has 204 valence electrons. The van der Waals surface area contributed by atoms with Gasteiger partial charge in [-0.2, -0.15) is 0 Å². The first-order valence-electron chi connectivity index (χ1n) is 11.4. The standard InChI is InChI=1S/C23H28Cl2N2O8S2/c1-11-15(6-5-7-23(4,24)25)34-21(31)13-10-36-17(26-13)14(28)8-33-20(30)12-9-37-18(27-12)16(22(2,3)32)35-19(11)29/h9-11,14-16,28,32H,5-8H2,1-4H3/t11-,14+,15-,16+/m0/s1. The third-order valence-corrected chi connectivity index (χ3v) is 7.72. The summed E-state index contributed by atoms with van der Waals surface area (Å²) in [5.41, 5.74) is -1.70. The van der Waals surface area contributed by atoms with Crippen molar-refractivity contribution in [1.82, 2.24) is 9.97 Å². The molecule has 0 aromatic carbocycles. The summed E-state index contributed by atoms with van der Waals surface area (Å²) < 4.78 is 15.4. The van der Waals surface area contributed by atoms with Crippen LogP contribution in [0.2, 0.25) is 0 Å². The number of nitrogens with zero attached hydrogens (tertiary/aromatic N) is 2. The van der Waals surface area contributed by atoms with E-state index in [4.69, 9.17) is 37.4 Å². The van der Waals surface area contributed by atoms with Gasteiger partial charge in [0.05, 0.1) is 5.92 Å². The molecule has 1 aliphatic heterocycles. The lowest BCUT2D eigenvalue weighted by Gasteiger charge is -2.30. The van der Waals surface area contributed by atoms with Crippen molar-refractivity contribution in [1.29, 1.82) is 0 Å². The molecule has 3 heterocycles. The average molecular weight is 596 g/mol. The maximum absolute atomic E-state index is 13.2. The molecule has 0 aliphatic carbocycles. The number of aliphatic hydroxyl groups is 2. The first kappa shape index (κ1) is 29.7. The molecule has 37 heavy (non-hydrogen) atoms. The van der Waals surface area contributed by atoms with Gasteiger partial charge in [-0.3, -0.25) is 4.79 Å². The van der Waals surface area contributed by atoms with E-state index in [1.54, 1.807) is 6.92 Å². The van der Waals surface area contributed by atoms with Crippen molar-refractivity contribution < 1.29 is 38.8 Å². The van der Waals surface area contributed by atoms with Gasteiger partial charge in [-0.1, -0.05) is 0 Å². The summed E-state index contributed by atoms with van der Waals surface area (Å²) in [7, 11) is 0. The summed E-state index contributed by atoms with van der Waals surface area (Å²) in [6.07, 6.45) is -2.38. The van der Waals surface area contributed by atoms with Crippen molar-refractivity contribution in [3.63, 3.8) is 0 Å². The van der Waals surface area contributed by atoms with E-state index in [1.807, 2.05) is 0 Å². The number of hydrogen-bond donors (Lipinski definition) is 2. The highest BCUT2D eigenvalue weighted by Gasteiger charge is 2.39. The predicted octanol–water partition coefficient (Wildman–Crippen LogP) is 4.38. The Labute approximate surface area is 231 Å². The van der Waals surface area contributed by atoms with E-state index in [2.05, 4.69) is 9.97 Å². The van der Waals surface area contributed by atoms with Crippen molar-refractivity contribution in [2.24, 2.45) is 5.92 Å². The molecule has 2 N–H and O–H groups in total. The predicted molar refractivity (Wildman–Crippen MR) is 137 cm³/mol. The van der Waals surface area contributed by atoms with Crippen molar-refractivity contribution in [3.8, 4) is 0 Å². The number of fused-ring (bicyclic) bond motifs is 4. The van der Waals surface area contributed by atoms with Gasteiger partial charge in [0, 0.05) is 10.8 Å². The van der Waals surface area contributed by atoms with Gasteiger partial charge in [-0.05, 0) is 47.0 Å². The number of esters is 3. The van der Waals surface area contributed by atoms with Crippen LogP contribution in [0.4, 0.5) is 0 Å². The van der Waals surface area contributed by atoms with Crippen LogP contribution in [0, 0.1) is 5.92 Å². The maximum Gasteiger partial charge on any atom is 0.358 e. The fraction of sp³-hybridized carbons (Fsp3) is 0.609. The molecule has 3 rings (SSSR count). The maximum atomic E-state index is 13.2. The fourth-order valence-corrected chi connectivity index (χ4v) is 5.45. The summed E-state index contributed by atoms with van der Waals surface area (Å²) in [4.78, 5) is 46.8. The molecule has 10 nitrogen and oxygen atoms in total. The first-order valence-corrected chi connectivity index (χ1v) is 13.9. The van der Waals surface area contributed by atoms with Crippen LogP contribution < -0.4 is 0 Å². The average Bonchev–Trinajstić information content (AvgIpc) is 3.47. The topological polar surface area (TPSA) is 145 Å². The zero-order chi connectivity index (χ0) is 27.5. The number of alkyl halides is 2. The van der Waals surface area contributed by atoms with Gasteiger partial charge in [0.1, 0.15) is 38.8 Å². The molecule has 0 unspecified atom stereocenters. The Bertz CT molecular complexity index is 1120. The largest absolute Gasteiger partial charge is 0.458 e. The van der Waals surface area contributed by atoms with Crippen LogP contribution in [0.15, 0.2) is 10.8 Å². The van der Waals surface area contributed by atoms with Gasteiger partial charge in [-0.15, -0.1) is 45.9 Å². The number of cyclic esters (lactones) is 3. The molecular formula is C23H28Cl2N2O8S2. The third kappa shape index (κ3) is 8.08. The van der Waals surface area contributed by atoms with Crippen LogP contribution in [-0.4, -0.2) is 60.7 Å². The van der Waals surface area contributed by atoms with Gasteiger partial charge >= 0.3 is 17.9 Å². The number of aromatic nitrogens is 2. The van der Waals surface area contributed by atoms with E-state index < -0.39 is 58.7 Å². The van der Waals surface area contributed by atoms with Crippen LogP contribution >= 0.6 is 45.9 Å². The quantitative estimate of drug-likeness (QED) is 0.290. The number of carbonyl (C=O) groups excluding carboxylic acids is 3. The van der Waals surface area contributed by atoms with Gasteiger partial charge in [0.2, 0.25) is 0 Å². The summed E-state index contributed by atoms with van der Waals surface area (Å²) in [6.45, 7) is 5.62. The zero-order valence-corrected chi connectivity index (χ0v) is 23.7. The molecule has 0 spiro atoms. The van der Waals surface area contributed by atoms with Crippen molar-refractivity contribution in [2.45, 2.75) is 75.2 Å². The second-order valence-electron chi connectivity index (χ2n) is 9.42. The Morgan fingerprint density at radius 3 is 2.24 bits per heavy atom. The molecule has 14 heteroatoms. The van der Waals surface area contributed by atoms with E-state index in [0.717, 1.165) is 22.7 Å². The van der Waals surface area contributed by atoms with Gasteiger partial charge < -0.3 is 24.4 Å². The number of rotatable bonds is 5. The first-order chi connectivity index (χ1) is 17.2. The molecule has 4 atom stereocenters. The van der Waals surface area contributed by atoms with Crippen molar-refractivity contribution >= 4 is 63.8 Å². The van der Waals surface area contributed by atoms with E-state index in [0.29, 0.717) is 12.8 Å². The minimum atomic E-state index is -1.56. The molecule has 0 fully saturated rings. The van der Waals surface area contributed by atoms with Gasteiger partial charge in [0.25, 0.3) is 0 Å². The number of ether oxygens (including phenoxy) is 3. The number of halogens is 2. The van der Waals surface area contributed by atoms with Crippen LogP contribution in [0.5, 0.6) is 0 Å². The Kier molecular flexibility index (Phi) is 9.57. The molecule has 0 saturated heterocycles. The molecule has 1 aliphatic rings. The Hall–Kier alpha value is -1.83. The van der Waals surface area contributed by atoms with Crippen molar-refractivity contribution in [2.75, 3.05) is 6.61 Å². The molecule has 2 aromatic rings. The Balaban J connectivity index is 1.96. The van der Waals surface area contributed by atoms with Crippen LogP contribution in [0.1, 0.15) is 90.2 Å².